The van der Waals surface area contributed by atoms with Gasteiger partial charge in [-0.25, -0.2) is 4.98 Å². The molecule has 0 bridgehead atoms. The fraction of sp³-hybridized carbons (Fsp3) is 0.263. The van der Waals surface area contributed by atoms with Crippen molar-refractivity contribution in [1.29, 1.82) is 0 Å². The highest BCUT2D eigenvalue weighted by molar-refractivity contribution is 5.95. The molecular weight excluding hydrogens is 318 g/mol. The van der Waals surface area contributed by atoms with Crippen molar-refractivity contribution in [3.05, 3.63) is 71.6 Å². The lowest BCUT2D eigenvalue weighted by Gasteiger charge is -2.21. The van der Waals surface area contributed by atoms with E-state index in [1.54, 1.807) is 25.3 Å². The van der Waals surface area contributed by atoms with Gasteiger partial charge in [-0.15, -0.1) is 0 Å². The van der Waals surface area contributed by atoms with Crippen LogP contribution in [0.1, 0.15) is 34.4 Å². The average Bonchev–Trinajstić information content (AvgIpc) is 3.23. The van der Waals surface area contributed by atoms with E-state index in [-0.39, 0.29) is 12.5 Å². The van der Waals surface area contributed by atoms with Gasteiger partial charge >= 0.3 is 0 Å². The molecule has 0 radical (unpaired) electrons. The quantitative estimate of drug-likeness (QED) is 0.749. The summed E-state index contributed by atoms with van der Waals surface area (Å²) in [6.07, 6.45) is 3.21. The van der Waals surface area contributed by atoms with Gasteiger partial charge in [0.1, 0.15) is 17.2 Å². The fourth-order valence-corrected chi connectivity index (χ4v) is 2.85. The van der Waals surface area contributed by atoms with Crippen molar-refractivity contribution in [2.75, 3.05) is 6.54 Å². The third-order valence-electron chi connectivity index (χ3n) is 4.20. The zero-order valence-corrected chi connectivity index (χ0v) is 14.5. The molecule has 0 aliphatic heterocycles. The number of rotatable bonds is 5. The summed E-state index contributed by atoms with van der Waals surface area (Å²) >= 11 is 0. The Bertz CT molecular complexity index is 865. The molecule has 2 N–H and O–H groups in total. The normalized spacial score (nSPS) is 13.4. The molecule has 130 valence electrons. The van der Waals surface area contributed by atoms with Crippen molar-refractivity contribution >= 4 is 5.91 Å². The van der Waals surface area contributed by atoms with Crippen LogP contribution < -0.4 is 5.32 Å². The molecule has 1 unspecified atom stereocenters. The summed E-state index contributed by atoms with van der Waals surface area (Å²) in [4.78, 5) is 16.9. The summed E-state index contributed by atoms with van der Waals surface area (Å²) in [6.45, 7) is 5.45. The molecule has 0 aliphatic carbocycles. The molecule has 3 aromatic rings. The Labute approximate surface area is 146 Å². The van der Waals surface area contributed by atoms with E-state index >= 15 is 0 Å². The summed E-state index contributed by atoms with van der Waals surface area (Å²) in [5.41, 5.74) is 0.995. The Morgan fingerprint density at radius 3 is 2.76 bits per heavy atom. The number of hydrogen-bond donors (Lipinski definition) is 2. The molecule has 3 heterocycles. The monoisotopic (exact) mass is 339 g/mol. The lowest BCUT2D eigenvalue weighted by Crippen LogP contribution is -2.38. The summed E-state index contributed by atoms with van der Waals surface area (Å²) in [7, 11) is 0. The van der Waals surface area contributed by atoms with Gasteiger partial charge in [-0.1, -0.05) is 6.07 Å². The zero-order chi connectivity index (χ0) is 18.0. The maximum absolute atomic E-state index is 12.6. The van der Waals surface area contributed by atoms with Crippen LogP contribution in [0.15, 0.2) is 53.3 Å². The molecule has 6 heteroatoms. The summed E-state index contributed by atoms with van der Waals surface area (Å²) < 4.78 is 7.16. The van der Waals surface area contributed by atoms with Crippen molar-refractivity contribution in [2.45, 2.75) is 26.4 Å². The van der Waals surface area contributed by atoms with Crippen molar-refractivity contribution < 1.29 is 14.3 Å². The topological polar surface area (TPSA) is 80.3 Å². The van der Waals surface area contributed by atoms with Crippen molar-refractivity contribution in [3.63, 3.8) is 0 Å². The van der Waals surface area contributed by atoms with Gasteiger partial charge in [-0.2, -0.15) is 0 Å². The number of aromatic nitrogens is 2. The zero-order valence-electron chi connectivity index (χ0n) is 14.5. The molecule has 6 nitrogen and oxygen atoms in total. The van der Waals surface area contributed by atoms with Crippen LogP contribution in [0, 0.1) is 13.8 Å². The summed E-state index contributed by atoms with van der Waals surface area (Å²) in [6, 6.07) is 10.8. The largest absolute Gasteiger partial charge is 0.466 e. The minimum atomic E-state index is -1.27. The molecule has 0 saturated heterocycles. The molecule has 0 aromatic carbocycles. The molecule has 25 heavy (non-hydrogen) atoms. The minimum absolute atomic E-state index is 0.0482. The van der Waals surface area contributed by atoms with E-state index in [4.69, 9.17) is 4.42 Å². The predicted molar refractivity (Wildman–Crippen MR) is 93.7 cm³/mol. The molecule has 3 rings (SSSR count). The molecule has 0 spiro atoms. The fourth-order valence-electron chi connectivity index (χ4n) is 2.85. The first-order valence-corrected chi connectivity index (χ1v) is 8.05. The highest BCUT2D eigenvalue weighted by atomic mass is 16.4. The maximum atomic E-state index is 12.6. The van der Waals surface area contributed by atoms with Gasteiger partial charge in [0, 0.05) is 17.6 Å². The minimum Gasteiger partial charge on any atom is -0.466 e. The van der Waals surface area contributed by atoms with Gasteiger partial charge in [0.2, 0.25) is 0 Å². The van der Waals surface area contributed by atoms with Crippen LogP contribution in [0.2, 0.25) is 0 Å². The van der Waals surface area contributed by atoms with Gasteiger partial charge in [-0.3, -0.25) is 4.79 Å². The Kier molecular flexibility index (Phi) is 4.46. The number of carbonyl (C=O) groups is 1. The third-order valence-corrected chi connectivity index (χ3v) is 4.20. The van der Waals surface area contributed by atoms with Crippen LogP contribution in [-0.2, 0) is 5.60 Å². The number of nitrogens with zero attached hydrogens (tertiary/aromatic N) is 2. The first-order chi connectivity index (χ1) is 11.9. The second kappa shape index (κ2) is 6.57. The summed E-state index contributed by atoms with van der Waals surface area (Å²) in [5.74, 6) is 0.924. The number of aryl methyl sites for hydroxylation is 1. The van der Waals surface area contributed by atoms with Crippen LogP contribution in [0.4, 0.5) is 0 Å². The van der Waals surface area contributed by atoms with Gasteiger partial charge in [0.25, 0.3) is 5.91 Å². The third kappa shape index (κ3) is 3.34. The molecule has 1 amide bonds. The Morgan fingerprint density at radius 1 is 1.32 bits per heavy atom. The lowest BCUT2D eigenvalue weighted by atomic mass is 10.0. The predicted octanol–water partition coefficient (Wildman–Crippen LogP) is 2.72. The van der Waals surface area contributed by atoms with E-state index in [0.29, 0.717) is 11.3 Å². The summed E-state index contributed by atoms with van der Waals surface area (Å²) in [5, 5.41) is 13.2. The highest BCUT2D eigenvalue weighted by Crippen LogP contribution is 2.22. The first-order valence-electron chi connectivity index (χ1n) is 8.05. The molecule has 1 atom stereocenters. The molecule has 0 aliphatic rings. The number of furan rings is 1. The number of nitrogens with one attached hydrogen (secondary N) is 1. The number of aliphatic hydroxyl groups is 1. The van der Waals surface area contributed by atoms with Crippen LogP contribution in [-0.4, -0.2) is 27.1 Å². The van der Waals surface area contributed by atoms with Gasteiger partial charge < -0.3 is 19.4 Å². The second-order valence-electron chi connectivity index (χ2n) is 6.24. The molecule has 3 aromatic heterocycles. The Morgan fingerprint density at radius 2 is 2.12 bits per heavy atom. The van der Waals surface area contributed by atoms with Gasteiger partial charge in [0.05, 0.1) is 18.4 Å². The smallest absolute Gasteiger partial charge is 0.253 e. The van der Waals surface area contributed by atoms with E-state index in [1.165, 1.54) is 6.26 Å². The van der Waals surface area contributed by atoms with Crippen LogP contribution in [0.5, 0.6) is 0 Å². The molecule has 0 saturated carbocycles. The molecule has 0 fully saturated rings. The Hall–Kier alpha value is -2.86. The van der Waals surface area contributed by atoms with E-state index in [1.807, 2.05) is 42.7 Å². The van der Waals surface area contributed by atoms with E-state index in [0.717, 1.165) is 17.2 Å². The first kappa shape index (κ1) is 17.0. The standard InChI is InChI=1S/C19H21N3O3/c1-13-11-15(14(2)22(13)17-8-4-5-9-20-17)18(23)21-12-19(3,24)16-7-6-10-25-16/h4-11,24H,12H2,1-3H3,(H,21,23). The van der Waals surface area contributed by atoms with Crippen LogP contribution >= 0.6 is 0 Å². The highest BCUT2D eigenvalue weighted by Gasteiger charge is 2.27. The maximum Gasteiger partial charge on any atom is 0.253 e. The van der Waals surface area contributed by atoms with Crippen LogP contribution in [0.3, 0.4) is 0 Å². The number of hydrogen-bond acceptors (Lipinski definition) is 4. The van der Waals surface area contributed by atoms with Crippen molar-refractivity contribution in [3.8, 4) is 5.82 Å². The van der Waals surface area contributed by atoms with E-state index in [2.05, 4.69) is 10.3 Å². The SMILES string of the molecule is Cc1cc(C(=O)NCC(C)(O)c2ccco2)c(C)n1-c1ccccn1. The number of pyridine rings is 1. The van der Waals surface area contributed by atoms with Crippen LogP contribution in [0.25, 0.3) is 5.82 Å². The van der Waals surface area contributed by atoms with E-state index in [9.17, 15) is 9.90 Å². The lowest BCUT2D eigenvalue weighted by molar-refractivity contribution is 0.0330. The van der Waals surface area contributed by atoms with Crippen molar-refractivity contribution in [1.82, 2.24) is 14.9 Å². The van der Waals surface area contributed by atoms with Gasteiger partial charge in [0.15, 0.2) is 0 Å². The Balaban J connectivity index is 1.80. The van der Waals surface area contributed by atoms with Crippen molar-refractivity contribution in [2.24, 2.45) is 0 Å². The number of amides is 1. The van der Waals surface area contributed by atoms with E-state index < -0.39 is 5.60 Å². The molecular formula is C19H21N3O3. The second-order valence-corrected chi connectivity index (χ2v) is 6.24. The van der Waals surface area contributed by atoms with Gasteiger partial charge in [-0.05, 0) is 51.1 Å². The average molecular weight is 339 g/mol. The number of carbonyl (C=O) groups excluding carboxylic acids is 1.